The Kier molecular flexibility index (Phi) is 3.45. The van der Waals surface area contributed by atoms with Crippen LogP contribution >= 0.6 is 11.3 Å². The molecule has 0 amide bonds. The average Bonchev–Trinajstić information content (AvgIpc) is 3.11. The molecule has 22 heavy (non-hydrogen) atoms. The van der Waals surface area contributed by atoms with Gasteiger partial charge in [0.1, 0.15) is 0 Å². The Morgan fingerprint density at radius 1 is 0.773 bits per heavy atom. The van der Waals surface area contributed by atoms with Crippen molar-refractivity contribution in [2.24, 2.45) is 0 Å². The van der Waals surface area contributed by atoms with Crippen LogP contribution in [-0.2, 0) is 0 Å². The maximum absolute atomic E-state index is 4.62. The van der Waals surface area contributed by atoms with Crippen LogP contribution in [0.4, 0.5) is 0 Å². The second kappa shape index (κ2) is 5.74. The first kappa shape index (κ1) is 13.2. The van der Waals surface area contributed by atoms with E-state index in [1.807, 2.05) is 12.3 Å². The summed E-state index contributed by atoms with van der Waals surface area (Å²) in [5.41, 5.74) is 2.42. The summed E-state index contributed by atoms with van der Waals surface area (Å²) in [6.45, 7) is 0. The molecule has 0 radical (unpaired) electrons. The fourth-order valence-corrected chi connectivity index (χ4v) is 3.82. The van der Waals surface area contributed by atoms with E-state index in [1.165, 1.54) is 21.2 Å². The predicted molar refractivity (Wildman–Crippen MR) is 93.4 cm³/mol. The van der Waals surface area contributed by atoms with E-state index in [4.69, 9.17) is 0 Å². The van der Waals surface area contributed by atoms with Crippen molar-refractivity contribution in [1.82, 2.24) is 4.98 Å². The van der Waals surface area contributed by atoms with E-state index < -0.39 is 0 Å². The van der Waals surface area contributed by atoms with Gasteiger partial charge in [0, 0.05) is 11.1 Å². The van der Waals surface area contributed by atoms with Crippen LogP contribution < -0.4 is 0 Å². The van der Waals surface area contributed by atoms with Gasteiger partial charge in [-0.25, -0.2) is 0 Å². The number of hydrogen-bond acceptors (Lipinski definition) is 2. The Hall–Kier alpha value is -2.45. The van der Waals surface area contributed by atoms with Crippen LogP contribution in [0.5, 0.6) is 0 Å². The van der Waals surface area contributed by atoms with Crippen LogP contribution in [0, 0.1) is 0 Å². The lowest BCUT2D eigenvalue weighted by Gasteiger charge is -2.18. The molecular weight excluding hydrogens is 286 g/mol. The summed E-state index contributed by atoms with van der Waals surface area (Å²) in [6.07, 6.45) is 1.88. The molecule has 2 heterocycles. The molecule has 2 heteroatoms. The number of aromatic nitrogens is 1. The standard InChI is InChI=1S/C20H15NS/c1-2-9-16-15(7-1)8-5-10-17(16)20(19-12-6-14-22-19)18-11-3-4-13-21-18/h1-14,20H. The first-order valence-corrected chi connectivity index (χ1v) is 8.23. The number of rotatable bonds is 3. The smallest absolute Gasteiger partial charge is 0.0612 e. The summed E-state index contributed by atoms with van der Waals surface area (Å²) >= 11 is 1.79. The van der Waals surface area contributed by atoms with Crippen LogP contribution in [0.25, 0.3) is 10.8 Å². The Morgan fingerprint density at radius 3 is 2.45 bits per heavy atom. The molecule has 4 aromatic rings. The Balaban J connectivity index is 1.98. The number of pyridine rings is 1. The van der Waals surface area contributed by atoms with Gasteiger partial charge >= 0.3 is 0 Å². The predicted octanol–water partition coefficient (Wildman–Crippen LogP) is 5.48. The van der Waals surface area contributed by atoms with Gasteiger partial charge in [-0.05, 0) is 39.9 Å². The molecule has 4 rings (SSSR count). The molecular formula is C20H15NS. The van der Waals surface area contributed by atoms with Gasteiger partial charge in [-0.3, -0.25) is 4.98 Å². The summed E-state index contributed by atoms with van der Waals surface area (Å²) in [5.74, 6) is 0.187. The van der Waals surface area contributed by atoms with Gasteiger partial charge in [0.15, 0.2) is 0 Å². The molecule has 0 N–H and O–H groups in total. The quantitative estimate of drug-likeness (QED) is 0.488. The van der Waals surface area contributed by atoms with Crippen LogP contribution in [0.15, 0.2) is 84.4 Å². The highest BCUT2D eigenvalue weighted by molar-refractivity contribution is 7.10. The van der Waals surface area contributed by atoms with Gasteiger partial charge in [0.2, 0.25) is 0 Å². The van der Waals surface area contributed by atoms with Crippen molar-refractivity contribution in [2.45, 2.75) is 5.92 Å². The molecule has 106 valence electrons. The topological polar surface area (TPSA) is 12.9 Å². The van der Waals surface area contributed by atoms with E-state index in [0.717, 1.165) is 5.69 Å². The lowest BCUT2D eigenvalue weighted by atomic mass is 9.89. The molecule has 0 fully saturated rings. The van der Waals surface area contributed by atoms with Crippen molar-refractivity contribution < 1.29 is 0 Å². The van der Waals surface area contributed by atoms with Crippen LogP contribution in [-0.4, -0.2) is 4.98 Å². The minimum atomic E-state index is 0.187. The number of hydrogen-bond donors (Lipinski definition) is 0. The Morgan fingerprint density at radius 2 is 1.64 bits per heavy atom. The third-order valence-corrected chi connectivity index (χ3v) is 4.88. The number of fused-ring (bicyclic) bond motifs is 1. The highest BCUT2D eigenvalue weighted by atomic mass is 32.1. The van der Waals surface area contributed by atoms with Gasteiger partial charge in [-0.15, -0.1) is 11.3 Å². The van der Waals surface area contributed by atoms with Gasteiger partial charge in [0.05, 0.1) is 11.6 Å². The molecule has 1 unspecified atom stereocenters. The van der Waals surface area contributed by atoms with Crippen molar-refractivity contribution in [2.75, 3.05) is 0 Å². The van der Waals surface area contributed by atoms with Crippen LogP contribution in [0.1, 0.15) is 22.1 Å². The van der Waals surface area contributed by atoms with E-state index in [0.29, 0.717) is 0 Å². The van der Waals surface area contributed by atoms with Crippen molar-refractivity contribution in [3.8, 4) is 0 Å². The number of thiophene rings is 1. The van der Waals surface area contributed by atoms with Crippen LogP contribution in [0.3, 0.4) is 0 Å². The SMILES string of the molecule is c1ccc(C(c2cccs2)c2cccc3ccccc23)nc1. The van der Waals surface area contributed by atoms with E-state index >= 15 is 0 Å². The lowest BCUT2D eigenvalue weighted by Crippen LogP contribution is -2.04. The zero-order valence-corrected chi connectivity index (χ0v) is 12.8. The van der Waals surface area contributed by atoms with E-state index in [1.54, 1.807) is 11.3 Å². The van der Waals surface area contributed by atoms with Crippen molar-refractivity contribution >= 4 is 22.1 Å². The molecule has 0 aliphatic rings. The fourth-order valence-electron chi connectivity index (χ4n) is 2.96. The summed E-state index contributed by atoms with van der Waals surface area (Å²) in [5, 5.41) is 4.71. The first-order valence-electron chi connectivity index (χ1n) is 7.35. The Bertz CT molecular complexity index is 877. The maximum atomic E-state index is 4.62. The second-order valence-electron chi connectivity index (χ2n) is 5.27. The molecule has 0 saturated carbocycles. The highest BCUT2D eigenvalue weighted by Crippen LogP contribution is 2.37. The van der Waals surface area contributed by atoms with Gasteiger partial charge < -0.3 is 0 Å². The molecule has 2 aromatic carbocycles. The molecule has 1 nitrogen and oxygen atoms in total. The minimum absolute atomic E-state index is 0.187. The third kappa shape index (κ3) is 2.32. The number of benzene rings is 2. The molecule has 2 aromatic heterocycles. The molecule has 0 bridgehead atoms. The van der Waals surface area contributed by atoms with Gasteiger partial charge in [-0.1, -0.05) is 54.6 Å². The largest absolute Gasteiger partial charge is 0.260 e. The zero-order chi connectivity index (χ0) is 14.8. The normalized spacial score (nSPS) is 12.4. The Labute approximate surface area is 133 Å². The molecule has 0 spiro atoms. The lowest BCUT2D eigenvalue weighted by molar-refractivity contribution is 0.948. The number of nitrogens with zero attached hydrogens (tertiary/aromatic N) is 1. The van der Waals surface area contributed by atoms with E-state index in [9.17, 15) is 0 Å². The second-order valence-corrected chi connectivity index (χ2v) is 6.25. The minimum Gasteiger partial charge on any atom is -0.260 e. The molecule has 0 aliphatic carbocycles. The summed E-state index contributed by atoms with van der Waals surface area (Å²) in [7, 11) is 0. The van der Waals surface area contributed by atoms with E-state index in [-0.39, 0.29) is 5.92 Å². The van der Waals surface area contributed by atoms with Gasteiger partial charge in [-0.2, -0.15) is 0 Å². The third-order valence-electron chi connectivity index (χ3n) is 3.95. The van der Waals surface area contributed by atoms with Crippen molar-refractivity contribution in [1.29, 1.82) is 0 Å². The van der Waals surface area contributed by atoms with Gasteiger partial charge in [0.25, 0.3) is 0 Å². The summed E-state index contributed by atoms with van der Waals surface area (Å²) in [6, 6.07) is 25.6. The molecule has 1 atom stereocenters. The fraction of sp³-hybridized carbons (Fsp3) is 0.0500. The molecule has 0 saturated heterocycles. The summed E-state index contributed by atoms with van der Waals surface area (Å²) in [4.78, 5) is 5.95. The monoisotopic (exact) mass is 301 g/mol. The summed E-state index contributed by atoms with van der Waals surface area (Å²) < 4.78 is 0. The highest BCUT2D eigenvalue weighted by Gasteiger charge is 2.20. The van der Waals surface area contributed by atoms with Crippen LogP contribution in [0.2, 0.25) is 0 Å². The zero-order valence-electron chi connectivity index (χ0n) is 12.0. The maximum Gasteiger partial charge on any atom is 0.0612 e. The molecule has 0 aliphatic heterocycles. The van der Waals surface area contributed by atoms with E-state index in [2.05, 4.69) is 77.1 Å². The first-order chi connectivity index (χ1) is 10.9. The average molecular weight is 301 g/mol. The van der Waals surface area contributed by atoms with Crippen molar-refractivity contribution in [3.63, 3.8) is 0 Å². The van der Waals surface area contributed by atoms with Crippen molar-refractivity contribution in [3.05, 3.63) is 101 Å².